The minimum absolute atomic E-state index is 0.0589. The zero-order valence-corrected chi connectivity index (χ0v) is 25.4. The number of nitrogens with zero attached hydrogens (tertiary/aromatic N) is 1. The van der Waals surface area contributed by atoms with Crippen LogP contribution in [0.15, 0.2) is 48.5 Å². The van der Waals surface area contributed by atoms with Crippen molar-refractivity contribution in [3.05, 3.63) is 59.7 Å². The monoisotopic (exact) mass is 582 g/mol. The molecule has 230 valence electrons. The highest BCUT2D eigenvalue weighted by atomic mass is 16.5. The number of hydrogen-bond acceptors (Lipinski definition) is 7. The molecule has 5 N–H and O–H groups in total. The van der Waals surface area contributed by atoms with E-state index in [1.165, 1.54) is 37.9 Å². The van der Waals surface area contributed by atoms with Crippen molar-refractivity contribution in [1.29, 1.82) is 0 Å². The summed E-state index contributed by atoms with van der Waals surface area (Å²) in [5.41, 5.74) is 0.137. The molecule has 2 aromatic carbocycles. The number of hydrogen-bond donors (Lipinski definition) is 5. The molecule has 0 saturated heterocycles. The maximum absolute atomic E-state index is 13.8. The van der Waals surface area contributed by atoms with Gasteiger partial charge in [-0.05, 0) is 61.9 Å². The predicted octanol–water partition coefficient (Wildman–Crippen LogP) is 2.16. The first-order valence-corrected chi connectivity index (χ1v) is 14.7. The van der Waals surface area contributed by atoms with Crippen LogP contribution in [0.5, 0.6) is 11.5 Å². The van der Waals surface area contributed by atoms with Crippen molar-refractivity contribution in [3.8, 4) is 11.5 Å². The van der Waals surface area contributed by atoms with E-state index in [1.54, 1.807) is 12.1 Å². The number of phenols is 1. The standard InChI is InChI=1S/C32H46N4O6/c1-6-21(2)27-31(40)36(5)28(32(3,4)41)30(39)35-25(20-22-13-15-24(37)16-14-22)29(38)34-17-9-11-23-10-7-8-12-26(23)42-19-18-33-27/h7-8,10,12-16,21,25,27-28,33,37,41H,6,9,11,17-20H2,1-5H3,(H,34,38)(H,35,39)/t21?,25-,27+,28-/m1/s1. The normalized spacial score (nSPS) is 22.6. The summed E-state index contributed by atoms with van der Waals surface area (Å²) in [6.45, 7) is 8.02. The van der Waals surface area contributed by atoms with Gasteiger partial charge in [-0.25, -0.2) is 0 Å². The van der Waals surface area contributed by atoms with E-state index in [1.807, 2.05) is 38.1 Å². The van der Waals surface area contributed by atoms with Crippen LogP contribution in [0.1, 0.15) is 51.7 Å². The van der Waals surface area contributed by atoms with Crippen molar-refractivity contribution >= 4 is 17.7 Å². The number of carbonyl (C=O) groups is 3. The Balaban J connectivity index is 1.96. The maximum atomic E-state index is 13.8. The first kappa shape index (κ1) is 32.9. The fraction of sp³-hybridized carbons (Fsp3) is 0.531. The molecule has 0 bridgehead atoms. The molecule has 42 heavy (non-hydrogen) atoms. The molecular weight excluding hydrogens is 536 g/mol. The summed E-state index contributed by atoms with van der Waals surface area (Å²) in [5.74, 6) is -0.574. The zero-order chi connectivity index (χ0) is 30.9. The van der Waals surface area contributed by atoms with Gasteiger partial charge in [-0.3, -0.25) is 14.4 Å². The summed E-state index contributed by atoms with van der Waals surface area (Å²) in [5, 5.41) is 29.8. The average Bonchev–Trinajstić information content (AvgIpc) is 2.94. The van der Waals surface area contributed by atoms with E-state index in [9.17, 15) is 24.6 Å². The first-order chi connectivity index (χ1) is 19.9. The molecule has 2 aromatic rings. The molecule has 10 heteroatoms. The van der Waals surface area contributed by atoms with Crippen LogP contribution < -0.4 is 20.7 Å². The number of aliphatic hydroxyl groups is 1. The number of amides is 3. The van der Waals surface area contributed by atoms with Crippen molar-refractivity contribution in [3.63, 3.8) is 0 Å². The molecule has 1 aliphatic heterocycles. The van der Waals surface area contributed by atoms with Gasteiger partial charge >= 0.3 is 0 Å². The molecule has 3 amide bonds. The van der Waals surface area contributed by atoms with Gasteiger partial charge in [0.1, 0.15) is 30.2 Å². The van der Waals surface area contributed by atoms with E-state index in [0.29, 0.717) is 32.5 Å². The summed E-state index contributed by atoms with van der Waals surface area (Å²) in [7, 11) is 1.50. The van der Waals surface area contributed by atoms with Gasteiger partial charge in [0, 0.05) is 26.6 Å². The Hall–Kier alpha value is -3.63. The van der Waals surface area contributed by atoms with Crippen molar-refractivity contribution in [1.82, 2.24) is 20.9 Å². The summed E-state index contributed by atoms with van der Waals surface area (Å²) in [4.78, 5) is 42.3. The Morgan fingerprint density at radius 3 is 2.40 bits per heavy atom. The van der Waals surface area contributed by atoms with Crippen LogP contribution >= 0.6 is 0 Å². The van der Waals surface area contributed by atoms with Gasteiger partial charge in [0.2, 0.25) is 17.7 Å². The molecule has 1 heterocycles. The molecule has 1 unspecified atom stereocenters. The number of ether oxygens (including phenoxy) is 1. The highest BCUT2D eigenvalue weighted by molar-refractivity contribution is 5.94. The van der Waals surface area contributed by atoms with Crippen molar-refractivity contribution in [2.45, 2.75) is 77.1 Å². The van der Waals surface area contributed by atoms with E-state index in [4.69, 9.17) is 4.74 Å². The molecule has 0 aromatic heterocycles. The van der Waals surface area contributed by atoms with Gasteiger partial charge in [-0.1, -0.05) is 50.6 Å². The Labute approximate surface area is 248 Å². The summed E-state index contributed by atoms with van der Waals surface area (Å²) >= 11 is 0. The molecule has 0 aliphatic carbocycles. The summed E-state index contributed by atoms with van der Waals surface area (Å²) in [6, 6.07) is 11.3. The van der Waals surface area contributed by atoms with E-state index in [2.05, 4.69) is 16.0 Å². The maximum Gasteiger partial charge on any atom is 0.246 e. The number of rotatable bonds is 5. The highest BCUT2D eigenvalue weighted by Gasteiger charge is 2.42. The number of carbonyl (C=O) groups excluding carboxylic acids is 3. The smallest absolute Gasteiger partial charge is 0.246 e. The molecule has 3 rings (SSSR count). The molecule has 0 radical (unpaired) electrons. The van der Waals surface area contributed by atoms with E-state index in [-0.39, 0.29) is 29.9 Å². The number of fused-ring (bicyclic) bond motifs is 1. The Morgan fingerprint density at radius 1 is 1.05 bits per heavy atom. The largest absolute Gasteiger partial charge is 0.508 e. The van der Waals surface area contributed by atoms with Gasteiger partial charge in [0.05, 0.1) is 11.6 Å². The van der Waals surface area contributed by atoms with Crippen LogP contribution in [-0.2, 0) is 27.2 Å². The molecule has 1 aliphatic rings. The fourth-order valence-corrected chi connectivity index (χ4v) is 5.25. The molecule has 0 saturated carbocycles. The van der Waals surface area contributed by atoms with Crippen molar-refractivity contribution < 1.29 is 29.3 Å². The van der Waals surface area contributed by atoms with Crippen molar-refractivity contribution in [2.24, 2.45) is 5.92 Å². The number of likely N-dealkylation sites (N-methyl/N-ethyl adjacent to an activating group) is 1. The lowest BCUT2D eigenvalue weighted by Gasteiger charge is -2.39. The average molecular weight is 583 g/mol. The van der Waals surface area contributed by atoms with Crippen LogP contribution in [0.3, 0.4) is 0 Å². The zero-order valence-electron chi connectivity index (χ0n) is 25.4. The number of aryl methyl sites for hydroxylation is 1. The lowest BCUT2D eigenvalue weighted by atomic mass is 9.92. The lowest BCUT2D eigenvalue weighted by molar-refractivity contribution is -0.150. The highest BCUT2D eigenvalue weighted by Crippen LogP contribution is 2.21. The first-order valence-electron chi connectivity index (χ1n) is 14.7. The Kier molecular flexibility index (Phi) is 11.8. The van der Waals surface area contributed by atoms with Crippen LogP contribution in [0.25, 0.3) is 0 Å². The topological polar surface area (TPSA) is 140 Å². The van der Waals surface area contributed by atoms with Gasteiger partial charge in [-0.2, -0.15) is 0 Å². The van der Waals surface area contributed by atoms with Gasteiger partial charge in [0.15, 0.2) is 0 Å². The van der Waals surface area contributed by atoms with Crippen LogP contribution in [0.4, 0.5) is 0 Å². The molecule has 0 fully saturated rings. The lowest BCUT2D eigenvalue weighted by Crippen LogP contribution is -2.64. The molecular formula is C32H46N4O6. The summed E-state index contributed by atoms with van der Waals surface area (Å²) in [6.07, 6.45) is 2.21. The number of aromatic hydroxyl groups is 1. The van der Waals surface area contributed by atoms with Crippen LogP contribution in [0, 0.1) is 5.92 Å². The van der Waals surface area contributed by atoms with Gasteiger partial charge < -0.3 is 35.8 Å². The predicted molar refractivity (Wildman–Crippen MR) is 161 cm³/mol. The number of para-hydroxylation sites is 1. The fourth-order valence-electron chi connectivity index (χ4n) is 5.25. The van der Waals surface area contributed by atoms with Crippen LogP contribution in [0.2, 0.25) is 0 Å². The second-order valence-electron chi connectivity index (χ2n) is 11.6. The Bertz CT molecular complexity index is 1200. The van der Waals surface area contributed by atoms with Gasteiger partial charge in [0.25, 0.3) is 0 Å². The molecule has 4 atom stereocenters. The number of phenolic OH excluding ortho intramolecular Hbond substituents is 1. The quantitative estimate of drug-likeness (QED) is 0.364. The third kappa shape index (κ3) is 8.93. The van der Waals surface area contributed by atoms with Crippen molar-refractivity contribution in [2.75, 3.05) is 26.7 Å². The SMILES string of the molecule is CCC(C)[C@@H]1NCCOc2ccccc2CCCNC(=O)[C@@H](Cc2ccc(O)cc2)NC(=O)[C@H](C(C)(C)O)N(C)C1=O. The third-order valence-electron chi connectivity index (χ3n) is 7.76. The number of benzene rings is 2. The molecule has 10 nitrogen and oxygen atoms in total. The minimum Gasteiger partial charge on any atom is -0.508 e. The Morgan fingerprint density at radius 2 is 1.74 bits per heavy atom. The number of nitrogens with one attached hydrogen (secondary N) is 3. The summed E-state index contributed by atoms with van der Waals surface area (Å²) < 4.78 is 6.07. The third-order valence-corrected chi connectivity index (χ3v) is 7.76. The van der Waals surface area contributed by atoms with E-state index in [0.717, 1.165) is 23.3 Å². The second-order valence-corrected chi connectivity index (χ2v) is 11.6. The second kappa shape index (κ2) is 15.0. The van der Waals surface area contributed by atoms with E-state index < -0.39 is 29.6 Å². The minimum atomic E-state index is -1.61. The van der Waals surface area contributed by atoms with Crippen LogP contribution in [-0.4, -0.2) is 83.3 Å². The van der Waals surface area contributed by atoms with Gasteiger partial charge in [-0.15, -0.1) is 0 Å². The molecule has 0 spiro atoms. The van der Waals surface area contributed by atoms with E-state index >= 15 is 0 Å².